The topological polar surface area (TPSA) is 87.0 Å². The van der Waals surface area contributed by atoms with Gasteiger partial charge < -0.3 is 19.5 Å². The van der Waals surface area contributed by atoms with E-state index in [9.17, 15) is 4.79 Å². The van der Waals surface area contributed by atoms with Crippen molar-refractivity contribution in [3.8, 4) is 5.75 Å². The van der Waals surface area contributed by atoms with Gasteiger partial charge in [-0.2, -0.15) is 5.10 Å². The lowest BCUT2D eigenvalue weighted by molar-refractivity contribution is -0.0367. The van der Waals surface area contributed by atoms with Crippen LogP contribution in [0.5, 0.6) is 5.75 Å². The number of fused-ring (bicyclic) bond motifs is 1. The Morgan fingerprint density at radius 3 is 2.88 bits per heavy atom. The Hall–Kier alpha value is -3.13. The highest BCUT2D eigenvalue weighted by atomic mass is 16.5. The van der Waals surface area contributed by atoms with Gasteiger partial charge in [0.1, 0.15) is 18.1 Å². The molecule has 1 N–H and O–H groups in total. The van der Waals surface area contributed by atoms with Crippen LogP contribution < -0.4 is 10.1 Å². The van der Waals surface area contributed by atoms with Crippen LogP contribution in [0.1, 0.15) is 58.4 Å². The first-order valence-electron chi connectivity index (χ1n) is 11.5. The minimum Gasteiger partial charge on any atom is -0.491 e. The summed E-state index contributed by atoms with van der Waals surface area (Å²) in [5.74, 6) is 0.744. The van der Waals surface area contributed by atoms with Crippen molar-refractivity contribution in [3.05, 3.63) is 47.8 Å². The first-order valence-corrected chi connectivity index (χ1v) is 11.5. The third kappa shape index (κ3) is 5.63. The van der Waals surface area contributed by atoms with Crippen molar-refractivity contribution in [1.82, 2.24) is 15.1 Å². The highest BCUT2D eigenvalue weighted by Crippen LogP contribution is 2.31. The molecule has 4 rings (SSSR count). The van der Waals surface area contributed by atoms with Crippen LogP contribution in [0.25, 0.3) is 10.9 Å². The van der Waals surface area contributed by atoms with Crippen molar-refractivity contribution in [2.45, 2.75) is 58.8 Å². The average molecular weight is 453 g/mol. The van der Waals surface area contributed by atoms with Crippen molar-refractivity contribution in [2.24, 2.45) is 4.99 Å². The van der Waals surface area contributed by atoms with E-state index in [4.69, 9.17) is 24.3 Å². The number of carbonyl (C=O) groups is 1. The summed E-state index contributed by atoms with van der Waals surface area (Å²) >= 11 is 0. The second-order valence-electron chi connectivity index (χ2n) is 8.80. The lowest BCUT2D eigenvalue weighted by Crippen LogP contribution is -2.29. The van der Waals surface area contributed by atoms with Gasteiger partial charge in [0.2, 0.25) is 0 Å². The predicted octanol–water partition coefficient (Wildman–Crippen LogP) is 4.90. The molecule has 2 aliphatic heterocycles. The summed E-state index contributed by atoms with van der Waals surface area (Å²) in [6, 6.07) is 6.00. The van der Waals surface area contributed by atoms with E-state index in [0.29, 0.717) is 24.4 Å². The summed E-state index contributed by atoms with van der Waals surface area (Å²) in [5.41, 5.74) is 3.85. The van der Waals surface area contributed by atoms with Crippen LogP contribution in [-0.4, -0.2) is 47.4 Å². The lowest BCUT2D eigenvalue weighted by Gasteiger charge is -2.23. The molecule has 176 valence electrons. The van der Waals surface area contributed by atoms with E-state index >= 15 is 0 Å². The van der Waals surface area contributed by atoms with E-state index < -0.39 is 6.09 Å². The maximum absolute atomic E-state index is 12.0. The maximum Gasteiger partial charge on any atom is 0.407 e. The van der Waals surface area contributed by atoms with Crippen molar-refractivity contribution < 1.29 is 19.0 Å². The number of hydrogen-bond donors (Lipinski definition) is 1. The molecule has 2 atom stereocenters. The van der Waals surface area contributed by atoms with Gasteiger partial charge >= 0.3 is 6.09 Å². The Balaban J connectivity index is 1.86. The third-order valence-electron chi connectivity index (χ3n) is 5.58. The molecule has 2 unspecified atom stereocenters. The van der Waals surface area contributed by atoms with Crippen LogP contribution in [0.15, 0.2) is 47.1 Å². The van der Waals surface area contributed by atoms with Crippen molar-refractivity contribution in [1.29, 1.82) is 0 Å². The number of alkyl carbamates (subject to hydrolysis) is 1. The number of carbonyl (C=O) groups excluding carboxylic acids is 1. The molecule has 8 nitrogen and oxygen atoms in total. The maximum atomic E-state index is 12.0. The smallest absolute Gasteiger partial charge is 0.407 e. The van der Waals surface area contributed by atoms with E-state index in [2.05, 4.69) is 11.9 Å². The largest absolute Gasteiger partial charge is 0.491 e. The second-order valence-corrected chi connectivity index (χ2v) is 8.80. The number of benzene rings is 1. The Kier molecular flexibility index (Phi) is 7.13. The molecule has 3 heterocycles. The average Bonchev–Trinajstić information content (AvgIpc) is 3.16. The summed E-state index contributed by atoms with van der Waals surface area (Å²) in [5, 5.41) is 8.64. The van der Waals surface area contributed by atoms with Crippen LogP contribution in [0.4, 0.5) is 4.79 Å². The summed E-state index contributed by atoms with van der Waals surface area (Å²) in [6.07, 6.45) is 4.99. The minimum atomic E-state index is -0.501. The molecular formula is C25H32N4O4. The molecule has 1 aromatic heterocycles. The van der Waals surface area contributed by atoms with Gasteiger partial charge in [0, 0.05) is 25.0 Å². The number of aromatic nitrogens is 2. The molecule has 0 radical (unpaired) electrons. The third-order valence-corrected chi connectivity index (χ3v) is 5.58. The standard InChI is InChI=1S/C25H32N4O4/c1-16(2)13-21-24-20-14-19(8-9-22(20)29(28-24)23-7-5-6-12-31-23)33-18(4)10-11-26-25(30)32-15-17(3)27-21/h8-9,13-14,18,23H,3,5-7,10-12,15H2,1-2,4H3,(H,26,30)/b27-21+. The Bertz CT molecular complexity index is 1090. The quantitative estimate of drug-likeness (QED) is 0.700. The summed E-state index contributed by atoms with van der Waals surface area (Å²) in [7, 11) is 0. The highest BCUT2D eigenvalue weighted by Gasteiger charge is 2.23. The van der Waals surface area contributed by atoms with E-state index in [1.54, 1.807) is 0 Å². The highest BCUT2D eigenvalue weighted by molar-refractivity contribution is 6.15. The fourth-order valence-electron chi connectivity index (χ4n) is 4.02. The fourth-order valence-corrected chi connectivity index (χ4v) is 4.02. The van der Waals surface area contributed by atoms with Crippen molar-refractivity contribution in [3.63, 3.8) is 0 Å². The van der Waals surface area contributed by atoms with Crippen LogP contribution in [0.2, 0.25) is 0 Å². The number of amides is 1. The number of ether oxygens (including phenoxy) is 3. The number of hydrogen-bond acceptors (Lipinski definition) is 6. The zero-order valence-electron chi connectivity index (χ0n) is 19.6. The van der Waals surface area contributed by atoms with Gasteiger partial charge in [-0.25, -0.2) is 14.5 Å². The fraction of sp³-hybridized carbons (Fsp3) is 0.480. The van der Waals surface area contributed by atoms with E-state index in [1.807, 2.05) is 49.7 Å². The monoisotopic (exact) mass is 452 g/mol. The Labute approximate surface area is 194 Å². The number of aliphatic imine (C=N–C) groups is 1. The van der Waals surface area contributed by atoms with Gasteiger partial charge in [-0.05, 0) is 64.3 Å². The van der Waals surface area contributed by atoms with Crippen LogP contribution >= 0.6 is 0 Å². The molecule has 2 bridgehead atoms. The van der Waals surface area contributed by atoms with Crippen LogP contribution in [0.3, 0.4) is 0 Å². The van der Waals surface area contributed by atoms with Gasteiger partial charge in [0.25, 0.3) is 0 Å². The molecular weight excluding hydrogens is 420 g/mol. The summed E-state index contributed by atoms with van der Waals surface area (Å²) < 4.78 is 19.4. The molecule has 0 saturated carbocycles. The number of allylic oxidation sites excluding steroid dienone is 2. The molecule has 8 heteroatoms. The van der Waals surface area contributed by atoms with E-state index in [-0.39, 0.29) is 18.9 Å². The molecule has 0 spiro atoms. The molecule has 33 heavy (non-hydrogen) atoms. The molecule has 0 aliphatic carbocycles. The Morgan fingerprint density at radius 1 is 1.27 bits per heavy atom. The number of nitrogens with one attached hydrogen (secondary N) is 1. The Morgan fingerprint density at radius 2 is 2.12 bits per heavy atom. The molecule has 1 amide bonds. The number of cyclic esters (lactones) is 1. The van der Waals surface area contributed by atoms with E-state index in [1.165, 1.54) is 0 Å². The summed E-state index contributed by atoms with van der Waals surface area (Å²) in [4.78, 5) is 16.7. The molecule has 1 fully saturated rings. The second kappa shape index (κ2) is 10.2. The van der Waals surface area contributed by atoms with Gasteiger partial charge in [-0.3, -0.25) is 0 Å². The van der Waals surface area contributed by atoms with E-state index in [0.717, 1.165) is 53.8 Å². The van der Waals surface area contributed by atoms with Gasteiger partial charge in [-0.15, -0.1) is 0 Å². The summed E-state index contributed by atoms with van der Waals surface area (Å²) in [6.45, 7) is 11.1. The first kappa shape index (κ1) is 23.0. The molecule has 2 aromatic rings. The SMILES string of the molecule is C=C1COC(=O)NCCC(C)Oc2ccc3c(c2)c(nn3C2CCCCO2)/C(C=C(C)C)=N/1. The predicted molar refractivity (Wildman–Crippen MR) is 128 cm³/mol. The van der Waals surface area contributed by atoms with Gasteiger partial charge in [0.15, 0.2) is 6.23 Å². The number of nitrogens with zero attached hydrogens (tertiary/aromatic N) is 3. The van der Waals surface area contributed by atoms with Crippen molar-refractivity contribution >= 4 is 22.7 Å². The molecule has 2 aliphatic rings. The first-order chi connectivity index (χ1) is 15.9. The number of rotatable bonds is 2. The van der Waals surface area contributed by atoms with Crippen LogP contribution in [-0.2, 0) is 9.47 Å². The molecule has 1 aromatic carbocycles. The normalized spacial score (nSPS) is 24.0. The van der Waals surface area contributed by atoms with Gasteiger partial charge in [-0.1, -0.05) is 12.2 Å². The zero-order valence-corrected chi connectivity index (χ0v) is 19.6. The van der Waals surface area contributed by atoms with Crippen molar-refractivity contribution in [2.75, 3.05) is 19.8 Å². The van der Waals surface area contributed by atoms with Crippen LogP contribution in [0, 0.1) is 0 Å². The molecule has 1 saturated heterocycles. The zero-order chi connectivity index (χ0) is 23.4. The minimum absolute atomic E-state index is 0.00633. The van der Waals surface area contributed by atoms with Gasteiger partial charge in [0.05, 0.1) is 23.0 Å². The lowest BCUT2D eigenvalue weighted by atomic mass is 10.1.